The fraction of sp³-hybridized carbons (Fsp3) is 0.818. The Labute approximate surface area is 113 Å². The molecule has 0 aromatic rings. The van der Waals surface area contributed by atoms with E-state index in [9.17, 15) is 18.0 Å². The van der Waals surface area contributed by atoms with E-state index in [1.54, 1.807) is 6.92 Å². The Morgan fingerprint density at radius 2 is 1.74 bits per heavy atom. The van der Waals surface area contributed by atoms with Crippen molar-refractivity contribution in [2.45, 2.75) is 45.7 Å². The van der Waals surface area contributed by atoms with Crippen LogP contribution in [0.3, 0.4) is 0 Å². The summed E-state index contributed by atoms with van der Waals surface area (Å²) in [7, 11) is -3.54. The molecule has 0 radical (unpaired) electrons. The maximum atomic E-state index is 11.9. The van der Waals surface area contributed by atoms with Crippen molar-refractivity contribution in [3.8, 4) is 0 Å². The molecule has 0 fully saturated rings. The summed E-state index contributed by atoms with van der Waals surface area (Å²) in [5.74, 6) is -1.67. The zero-order chi connectivity index (χ0) is 15.2. The number of hydrogen-bond donors (Lipinski definition) is 3. The fourth-order valence-corrected chi connectivity index (χ4v) is 2.27. The Kier molecular flexibility index (Phi) is 6.99. The highest BCUT2D eigenvalue weighted by molar-refractivity contribution is 7.88. The molecular formula is C11H22N2O5S. The third kappa shape index (κ3) is 7.78. The van der Waals surface area contributed by atoms with Gasteiger partial charge < -0.3 is 10.4 Å². The molecule has 0 aliphatic rings. The van der Waals surface area contributed by atoms with E-state index in [4.69, 9.17) is 5.11 Å². The highest BCUT2D eigenvalue weighted by atomic mass is 32.2. The topological polar surface area (TPSA) is 113 Å². The summed E-state index contributed by atoms with van der Waals surface area (Å²) in [6.07, 6.45) is 1.49. The molecule has 7 nitrogen and oxygen atoms in total. The van der Waals surface area contributed by atoms with E-state index in [2.05, 4.69) is 10.0 Å². The Balaban J connectivity index is 4.85. The van der Waals surface area contributed by atoms with Gasteiger partial charge in [0.1, 0.15) is 12.1 Å². The van der Waals surface area contributed by atoms with Crippen LogP contribution < -0.4 is 10.0 Å². The molecule has 8 heteroatoms. The van der Waals surface area contributed by atoms with Crippen LogP contribution in [0.5, 0.6) is 0 Å². The standard InChI is InChI=1S/C11H22N2O5S/c1-5-8(11(15)16)12-10(14)9(6-7(2)3)13-19(4,17)18/h7-9,13H,5-6H2,1-4H3,(H,12,14)(H,15,16)/t8-,9?/m1/s1. The predicted octanol–water partition coefficient (Wildman–Crippen LogP) is -0.0703. The Bertz CT molecular complexity index is 419. The Morgan fingerprint density at radius 3 is 2.05 bits per heavy atom. The van der Waals surface area contributed by atoms with Crippen LogP contribution in [0.15, 0.2) is 0 Å². The summed E-state index contributed by atoms with van der Waals surface area (Å²) < 4.78 is 24.6. The summed E-state index contributed by atoms with van der Waals surface area (Å²) in [6.45, 7) is 5.32. The molecule has 0 aliphatic heterocycles. The number of carboxylic acids is 1. The molecule has 0 saturated carbocycles. The monoisotopic (exact) mass is 294 g/mol. The Hall–Kier alpha value is -1.15. The average Bonchev–Trinajstić information content (AvgIpc) is 2.21. The van der Waals surface area contributed by atoms with Crippen LogP contribution in [0.4, 0.5) is 0 Å². The number of carboxylic acid groups (broad SMARTS) is 1. The van der Waals surface area contributed by atoms with E-state index < -0.39 is 34.0 Å². The first kappa shape index (κ1) is 17.8. The van der Waals surface area contributed by atoms with Crippen molar-refractivity contribution in [3.63, 3.8) is 0 Å². The molecule has 0 aromatic heterocycles. The predicted molar refractivity (Wildman–Crippen MR) is 71.1 cm³/mol. The molecule has 0 saturated heterocycles. The van der Waals surface area contributed by atoms with Crippen LogP contribution in [0.2, 0.25) is 0 Å². The first-order valence-corrected chi connectivity index (χ1v) is 7.96. The van der Waals surface area contributed by atoms with Crippen molar-refractivity contribution in [1.29, 1.82) is 0 Å². The van der Waals surface area contributed by atoms with E-state index in [-0.39, 0.29) is 12.3 Å². The van der Waals surface area contributed by atoms with Crippen molar-refractivity contribution in [3.05, 3.63) is 0 Å². The average molecular weight is 294 g/mol. The van der Waals surface area contributed by atoms with Gasteiger partial charge in [-0.15, -0.1) is 0 Å². The van der Waals surface area contributed by atoms with Crippen molar-refractivity contribution in [2.75, 3.05) is 6.26 Å². The van der Waals surface area contributed by atoms with Gasteiger partial charge in [0.05, 0.1) is 6.26 Å². The molecule has 0 rings (SSSR count). The van der Waals surface area contributed by atoms with E-state index in [1.807, 2.05) is 13.8 Å². The molecule has 0 aromatic carbocycles. The smallest absolute Gasteiger partial charge is 0.326 e. The summed E-state index contributed by atoms with van der Waals surface area (Å²) in [4.78, 5) is 22.8. The molecule has 1 unspecified atom stereocenters. The van der Waals surface area contributed by atoms with Gasteiger partial charge in [0.15, 0.2) is 0 Å². The van der Waals surface area contributed by atoms with Gasteiger partial charge in [-0.2, -0.15) is 0 Å². The number of sulfonamides is 1. The molecule has 1 amide bonds. The summed E-state index contributed by atoms with van der Waals surface area (Å²) in [5, 5.41) is 11.2. The molecule has 0 spiro atoms. The summed E-state index contributed by atoms with van der Waals surface area (Å²) in [5.41, 5.74) is 0. The third-order valence-corrected chi connectivity index (χ3v) is 3.12. The second-order valence-corrected chi connectivity index (χ2v) is 6.66. The van der Waals surface area contributed by atoms with Gasteiger partial charge >= 0.3 is 5.97 Å². The second-order valence-electron chi connectivity index (χ2n) is 4.88. The molecule has 112 valence electrons. The van der Waals surface area contributed by atoms with Gasteiger partial charge in [0, 0.05) is 0 Å². The van der Waals surface area contributed by atoms with Crippen LogP contribution >= 0.6 is 0 Å². The van der Waals surface area contributed by atoms with E-state index >= 15 is 0 Å². The molecule has 0 heterocycles. The molecule has 19 heavy (non-hydrogen) atoms. The lowest BCUT2D eigenvalue weighted by Crippen LogP contribution is -2.51. The summed E-state index contributed by atoms with van der Waals surface area (Å²) >= 11 is 0. The van der Waals surface area contributed by atoms with E-state index in [0.29, 0.717) is 6.42 Å². The van der Waals surface area contributed by atoms with E-state index in [1.165, 1.54) is 0 Å². The third-order valence-electron chi connectivity index (χ3n) is 2.40. The van der Waals surface area contributed by atoms with Crippen molar-refractivity contribution in [2.24, 2.45) is 5.92 Å². The molecule has 3 N–H and O–H groups in total. The number of hydrogen-bond acceptors (Lipinski definition) is 4. The van der Waals surface area contributed by atoms with Gasteiger partial charge in [-0.25, -0.2) is 17.9 Å². The van der Waals surface area contributed by atoms with E-state index in [0.717, 1.165) is 6.26 Å². The van der Waals surface area contributed by atoms with Crippen LogP contribution in [-0.4, -0.2) is 43.7 Å². The summed E-state index contributed by atoms with van der Waals surface area (Å²) in [6, 6.07) is -1.97. The number of carbonyl (C=O) groups excluding carboxylic acids is 1. The lowest BCUT2D eigenvalue weighted by molar-refractivity contribution is -0.142. The minimum atomic E-state index is -3.54. The first-order chi connectivity index (χ1) is 8.56. The maximum Gasteiger partial charge on any atom is 0.326 e. The van der Waals surface area contributed by atoms with Crippen LogP contribution in [0, 0.1) is 5.92 Å². The molecule has 0 aliphatic carbocycles. The van der Waals surface area contributed by atoms with Gasteiger partial charge in [0.2, 0.25) is 15.9 Å². The zero-order valence-corrected chi connectivity index (χ0v) is 12.5. The molecular weight excluding hydrogens is 272 g/mol. The van der Waals surface area contributed by atoms with Crippen LogP contribution in [-0.2, 0) is 19.6 Å². The second kappa shape index (κ2) is 7.44. The quantitative estimate of drug-likeness (QED) is 0.580. The van der Waals surface area contributed by atoms with Gasteiger partial charge in [-0.05, 0) is 18.8 Å². The minimum absolute atomic E-state index is 0.0925. The number of aliphatic carboxylic acids is 1. The highest BCUT2D eigenvalue weighted by Gasteiger charge is 2.26. The minimum Gasteiger partial charge on any atom is -0.480 e. The number of rotatable bonds is 8. The Morgan fingerprint density at radius 1 is 1.21 bits per heavy atom. The normalized spacial score (nSPS) is 15.0. The molecule has 2 atom stereocenters. The van der Waals surface area contributed by atoms with Crippen molar-refractivity contribution >= 4 is 21.9 Å². The van der Waals surface area contributed by atoms with Crippen LogP contribution in [0.25, 0.3) is 0 Å². The van der Waals surface area contributed by atoms with Gasteiger partial charge in [-0.1, -0.05) is 20.8 Å². The van der Waals surface area contributed by atoms with Gasteiger partial charge in [0.25, 0.3) is 0 Å². The number of nitrogens with one attached hydrogen (secondary N) is 2. The molecule has 0 bridgehead atoms. The largest absolute Gasteiger partial charge is 0.480 e. The maximum absolute atomic E-state index is 11.9. The lowest BCUT2D eigenvalue weighted by Gasteiger charge is -2.21. The SMILES string of the molecule is CC[C@@H](NC(=O)C(CC(C)C)NS(C)(=O)=O)C(=O)O. The zero-order valence-electron chi connectivity index (χ0n) is 11.6. The highest BCUT2D eigenvalue weighted by Crippen LogP contribution is 2.07. The van der Waals surface area contributed by atoms with Gasteiger partial charge in [-0.3, -0.25) is 4.79 Å². The number of amides is 1. The van der Waals surface area contributed by atoms with Crippen molar-refractivity contribution < 1.29 is 23.1 Å². The van der Waals surface area contributed by atoms with Crippen LogP contribution in [0.1, 0.15) is 33.6 Å². The number of carbonyl (C=O) groups is 2. The fourth-order valence-electron chi connectivity index (χ4n) is 1.55. The lowest BCUT2D eigenvalue weighted by atomic mass is 10.0. The first-order valence-electron chi connectivity index (χ1n) is 6.07. The van der Waals surface area contributed by atoms with Crippen molar-refractivity contribution in [1.82, 2.24) is 10.0 Å².